The first-order chi connectivity index (χ1) is 24.3. The number of hydrogen-bond acceptors (Lipinski definition) is 7. The number of nitrogens with zero attached hydrogens (tertiary/aromatic N) is 1. The van der Waals surface area contributed by atoms with Gasteiger partial charge in [-0.25, -0.2) is 0 Å². The molecule has 0 radical (unpaired) electrons. The van der Waals surface area contributed by atoms with Gasteiger partial charge in [0.05, 0.1) is 31.8 Å². The fraction of sp³-hybridized carbons (Fsp3) is 0.436. The van der Waals surface area contributed by atoms with Crippen molar-refractivity contribution in [2.24, 2.45) is 5.73 Å². The molecular weight excluding hydrogens is 634 g/mol. The second kappa shape index (κ2) is 19.0. The fourth-order valence-corrected chi connectivity index (χ4v) is 6.39. The summed E-state index contributed by atoms with van der Waals surface area (Å²) >= 11 is 0. The van der Waals surface area contributed by atoms with Crippen molar-refractivity contribution in [1.29, 1.82) is 0 Å². The number of epoxide rings is 1. The molecule has 50 heavy (non-hydrogen) atoms. The Balaban J connectivity index is 1.23. The third-order valence-electron chi connectivity index (χ3n) is 9.16. The van der Waals surface area contributed by atoms with Crippen LogP contribution >= 0.6 is 0 Å². The molecular formula is C39H49N5O6. The van der Waals surface area contributed by atoms with Crippen LogP contribution in [-0.2, 0) is 47.9 Å². The number of hydrogen-bond donors (Lipinski definition) is 4. The van der Waals surface area contributed by atoms with Gasteiger partial charge in [0.2, 0.25) is 23.6 Å². The van der Waals surface area contributed by atoms with E-state index in [1.165, 1.54) is 5.56 Å². The maximum atomic E-state index is 13.8. The molecule has 0 aromatic heterocycles. The molecule has 0 spiro atoms. The Bertz CT molecular complexity index is 1520. The molecule has 3 aromatic rings. The second-order valence-electron chi connectivity index (χ2n) is 13.1. The van der Waals surface area contributed by atoms with Crippen LogP contribution in [0, 0.1) is 0 Å². The molecule has 2 fully saturated rings. The number of carbonyl (C=O) groups excluding carboxylic acids is 4. The van der Waals surface area contributed by atoms with Gasteiger partial charge in [-0.1, -0.05) is 91.0 Å². The van der Waals surface area contributed by atoms with Crippen molar-refractivity contribution in [3.05, 3.63) is 108 Å². The predicted octanol–water partition coefficient (Wildman–Crippen LogP) is 2.31. The van der Waals surface area contributed by atoms with Gasteiger partial charge in [-0.05, 0) is 48.9 Å². The van der Waals surface area contributed by atoms with E-state index >= 15 is 0 Å². The number of ether oxygens (including phenoxy) is 2. The van der Waals surface area contributed by atoms with E-state index in [0.29, 0.717) is 26.1 Å². The quantitative estimate of drug-likeness (QED) is 0.141. The van der Waals surface area contributed by atoms with Crippen LogP contribution < -0.4 is 21.7 Å². The molecule has 266 valence electrons. The molecule has 5 N–H and O–H groups in total. The average Bonchev–Trinajstić information content (AvgIpc) is 3.91. The fourth-order valence-electron chi connectivity index (χ4n) is 6.39. The summed E-state index contributed by atoms with van der Waals surface area (Å²) in [5.74, 6) is -2.11. The normalized spacial score (nSPS) is 19.0. The van der Waals surface area contributed by atoms with Crippen molar-refractivity contribution in [2.75, 3.05) is 32.8 Å². The zero-order valence-corrected chi connectivity index (χ0v) is 28.5. The molecule has 3 unspecified atom stereocenters. The number of nitrogens with one attached hydrogen (secondary N) is 3. The minimum Gasteiger partial charge on any atom is -0.379 e. The summed E-state index contributed by atoms with van der Waals surface area (Å²) < 4.78 is 11.5. The van der Waals surface area contributed by atoms with Crippen LogP contribution in [-0.4, -0.2) is 91.7 Å². The molecule has 3 aromatic carbocycles. The SMILES string of the molecule is NC(=O)C[C@@H](NC(=O)[C@@H](Cc1ccccc1)NC(=O)CCCN1CCOCC1)C(=O)NC(Cc1ccccc1)C1OC1CCc1ccccc1. The monoisotopic (exact) mass is 683 g/mol. The predicted molar refractivity (Wildman–Crippen MR) is 190 cm³/mol. The molecule has 2 saturated heterocycles. The Kier molecular flexibility index (Phi) is 13.9. The van der Waals surface area contributed by atoms with Crippen molar-refractivity contribution < 1.29 is 28.7 Å². The van der Waals surface area contributed by atoms with Crippen LogP contribution in [0.5, 0.6) is 0 Å². The lowest BCUT2D eigenvalue weighted by molar-refractivity contribution is -0.133. The zero-order chi connectivity index (χ0) is 35.1. The molecule has 5 rings (SSSR count). The van der Waals surface area contributed by atoms with E-state index in [0.717, 1.165) is 43.6 Å². The van der Waals surface area contributed by atoms with Gasteiger partial charge in [0.1, 0.15) is 18.2 Å². The van der Waals surface area contributed by atoms with Crippen molar-refractivity contribution in [2.45, 2.75) is 75.3 Å². The molecule has 11 nitrogen and oxygen atoms in total. The maximum Gasteiger partial charge on any atom is 0.243 e. The number of nitrogens with two attached hydrogens (primary N) is 1. The van der Waals surface area contributed by atoms with Crippen molar-refractivity contribution >= 4 is 23.6 Å². The lowest BCUT2D eigenvalue weighted by atomic mass is 9.98. The third kappa shape index (κ3) is 12.1. The number of carbonyl (C=O) groups is 4. The van der Waals surface area contributed by atoms with Crippen molar-refractivity contribution in [3.8, 4) is 0 Å². The van der Waals surface area contributed by atoms with Gasteiger partial charge in [-0.2, -0.15) is 0 Å². The lowest BCUT2D eigenvalue weighted by Crippen LogP contribution is -2.57. The summed E-state index contributed by atoms with van der Waals surface area (Å²) in [7, 11) is 0. The summed E-state index contributed by atoms with van der Waals surface area (Å²) in [6, 6.07) is 26.7. The largest absolute Gasteiger partial charge is 0.379 e. The van der Waals surface area contributed by atoms with Gasteiger partial charge in [0.25, 0.3) is 0 Å². The summed E-state index contributed by atoms with van der Waals surface area (Å²) in [5.41, 5.74) is 8.64. The van der Waals surface area contributed by atoms with Crippen LogP contribution in [0.2, 0.25) is 0 Å². The number of aryl methyl sites for hydroxylation is 1. The summed E-state index contributed by atoms with van der Waals surface area (Å²) in [6.07, 6.45) is 2.57. The molecule has 2 aliphatic heterocycles. The third-order valence-corrected chi connectivity index (χ3v) is 9.16. The van der Waals surface area contributed by atoms with Crippen LogP contribution in [0.25, 0.3) is 0 Å². The molecule has 4 amide bonds. The van der Waals surface area contributed by atoms with E-state index in [1.54, 1.807) is 0 Å². The lowest BCUT2D eigenvalue weighted by Gasteiger charge is -2.26. The van der Waals surface area contributed by atoms with Crippen molar-refractivity contribution in [3.63, 3.8) is 0 Å². The van der Waals surface area contributed by atoms with Gasteiger partial charge in [-0.3, -0.25) is 24.1 Å². The van der Waals surface area contributed by atoms with E-state index in [2.05, 4.69) is 33.0 Å². The Hall–Kier alpha value is -4.58. The molecule has 2 heterocycles. The van der Waals surface area contributed by atoms with Crippen LogP contribution in [0.15, 0.2) is 91.0 Å². The van der Waals surface area contributed by atoms with Gasteiger partial charge >= 0.3 is 0 Å². The molecule has 11 heteroatoms. The topological polar surface area (TPSA) is 155 Å². The summed E-state index contributed by atoms with van der Waals surface area (Å²) in [5, 5.41) is 8.68. The smallest absolute Gasteiger partial charge is 0.243 e. The highest BCUT2D eigenvalue weighted by atomic mass is 16.6. The zero-order valence-electron chi connectivity index (χ0n) is 28.5. The molecule has 5 atom stereocenters. The highest BCUT2D eigenvalue weighted by molar-refractivity contribution is 5.94. The summed E-state index contributed by atoms with van der Waals surface area (Å²) in [4.78, 5) is 55.1. The first-order valence-corrected chi connectivity index (χ1v) is 17.6. The molecule has 2 aliphatic rings. The number of primary amides is 1. The van der Waals surface area contributed by atoms with E-state index in [-0.39, 0.29) is 31.0 Å². The number of morpholine rings is 1. The Morgan fingerprint density at radius 2 is 1.32 bits per heavy atom. The highest BCUT2D eigenvalue weighted by Gasteiger charge is 2.45. The Morgan fingerprint density at radius 3 is 1.94 bits per heavy atom. The summed E-state index contributed by atoms with van der Waals surface area (Å²) in [6.45, 7) is 3.78. The molecule has 0 saturated carbocycles. The first-order valence-electron chi connectivity index (χ1n) is 17.6. The Morgan fingerprint density at radius 1 is 0.740 bits per heavy atom. The van der Waals surface area contributed by atoms with Gasteiger partial charge in [0, 0.05) is 25.9 Å². The van der Waals surface area contributed by atoms with Crippen LogP contribution in [0.4, 0.5) is 0 Å². The van der Waals surface area contributed by atoms with Crippen LogP contribution in [0.3, 0.4) is 0 Å². The number of rotatable bonds is 19. The van der Waals surface area contributed by atoms with Crippen LogP contribution in [0.1, 0.15) is 42.4 Å². The highest BCUT2D eigenvalue weighted by Crippen LogP contribution is 2.31. The average molecular weight is 684 g/mol. The number of amides is 4. The minimum atomic E-state index is -1.24. The number of benzene rings is 3. The van der Waals surface area contributed by atoms with E-state index in [9.17, 15) is 19.2 Å². The Labute approximate surface area is 294 Å². The van der Waals surface area contributed by atoms with E-state index in [1.807, 2.05) is 78.9 Å². The molecule has 0 bridgehead atoms. The van der Waals surface area contributed by atoms with Crippen molar-refractivity contribution in [1.82, 2.24) is 20.9 Å². The molecule has 0 aliphatic carbocycles. The standard InChI is InChI=1S/C39H49N5O6/c40-35(45)27-33(39(48)42-31(25-29-13-6-2-7-14-29)37-34(50-37)19-18-28-11-4-1-5-12-28)43-38(47)32(26-30-15-8-3-9-16-30)41-36(46)17-10-20-44-21-23-49-24-22-44/h1-9,11-16,31-34,37H,10,17-27H2,(H2,40,45)(H,41,46)(H,42,48)(H,43,47)/t31?,32-,33-,34?,37?/m1/s1. The van der Waals surface area contributed by atoms with E-state index in [4.69, 9.17) is 15.2 Å². The van der Waals surface area contributed by atoms with Gasteiger partial charge in [-0.15, -0.1) is 0 Å². The van der Waals surface area contributed by atoms with Gasteiger partial charge < -0.3 is 31.2 Å². The second-order valence-corrected chi connectivity index (χ2v) is 13.1. The minimum absolute atomic E-state index is 0.0397. The first kappa shape index (κ1) is 36.7. The van der Waals surface area contributed by atoms with Gasteiger partial charge in [0.15, 0.2) is 0 Å². The maximum absolute atomic E-state index is 13.8. The van der Waals surface area contributed by atoms with E-state index < -0.39 is 42.3 Å².